The fourth-order valence-electron chi connectivity index (χ4n) is 1.56. The van der Waals surface area contributed by atoms with E-state index in [9.17, 15) is 0 Å². The minimum atomic E-state index is 0.606. The van der Waals surface area contributed by atoms with E-state index in [4.69, 9.17) is 16.3 Å². The Labute approximate surface area is 94.1 Å². The van der Waals surface area contributed by atoms with Crippen LogP contribution in [0.3, 0.4) is 0 Å². The summed E-state index contributed by atoms with van der Waals surface area (Å²) in [5, 5.41) is 3.83. The number of hydrogen-bond acceptors (Lipinski definition) is 3. The summed E-state index contributed by atoms with van der Waals surface area (Å²) in [5.41, 5.74) is 0.858. The third kappa shape index (κ3) is 2.23. The summed E-state index contributed by atoms with van der Waals surface area (Å²) in [7, 11) is 1.61. The van der Waals surface area contributed by atoms with Crippen LogP contribution in [-0.4, -0.2) is 19.5 Å². The van der Waals surface area contributed by atoms with Gasteiger partial charge in [0.2, 0.25) is 0 Å². The van der Waals surface area contributed by atoms with Gasteiger partial charge >= 0.3 is 0 Å². The van der Waals surface area contributed by atoms with Crippen LogP contribution in [0.2, 0.25) is 5.02 Å². The third-order valence-corrected chi connectivity index (χ3v) is 2.73. The van der Waals surface area contributed by atoms with Crippen molar-refractivity contribution in [2.24, 2.45) is 4.99 Å². The van der Waals surface area contributed by atoms with Crippen LogP contribution >= 0.6 is 11.6 Å². The molecule has 0 amide bonds. The highest BCUT2D eigenvalue weighted by Gasteiger charge is 2.10. The van der Waals surface area contributed by atoms with Crippen LogP contribution in [0, 0.1) is 0 Å². The summed E-state index contributed by atoms with van der Waals surface area (Å²) < 4.78 is 5.14. The lowest BCUT2D eigenvalue weighted by Crippen LogP contribution is -2.08. The Kier molecular flexibility index (Phi) is 3.11. The molecule has 1 aliphatic rings. The number of aliphatic imine (C=N–C) groups is 1. The van der Waals surface area contributed by atoms with E-state index in [0.29, 0.717) is 10.8 Å². The largest absolute Gasteiger partial charge is 0.495 e. The topological polar surface area (TPSA) is 33.6 Å². The van der Waals surface area contributed by atoms with Gasteiger partial charge in [-0.25, -0.2) is 0 Å². The van der Waals surface area contributed by atoms with E-state index in [1.807, 2.05) is 18.2 Å². The van der Waals surface area contributed by atoms with Crippen LogP contribution in [0.5, 0.6) is 5.75 Å². The number of ether oxygens (including phenoxy) is 1. The highest BCUT2D eigenvalue weighted by atomic mass is 35.5. The molecular formula is C11H13ClN2O. The number of halogens is 1. The predicted octanol–water partition coefficient (Wildman–Crippen LogP) is 2.95. The maximum atomic E-state index is 6.14. The van der Waals surface area contributed by atoms with Crippen LogP contribution in [0.25, 0.3) is 0 Å². The summed E-state index contributed by atoms with van der Waals surface area (Å²) in [6.45, 7) is 0.907. The second-order valence-electron chi connectivity index (χ2n) is 3.38. The quantitative estimate of drug-likeness (QED) is 0.838. The lowest BCUT2D eigenvalue weighted by atomic mass is 10.2. The van der Waals surface area contributed by atoms with Gasteiger partial charge in [-0.1, -0.05) is 17.7 Å². The van der Waals surface area contributed by atoms with Gasteiger partial charge in [-0.05, 0) is 18.6 Å². The van der Waals surface area contributed by atoms with Crippen LogP contribution in [-0.2, 0) is 0 Å². The second-order valence-corrected chi connectivity index (χ2v) is 3.76. The van der Waals surface area contributed by atoms with Crippen LogP contribution in [0.15, 0.2) is 23.2 Å². The van der Waals surface area contributed by atoms with E-state index in [1.165, 1.54) is 0 Å². The van der Waals surface area contributed by atoms with E-state index in [-0.39, 0.29) is 0 Å². The van der Waals surface area contributed by atoms with Crippen molar-refractivity contribution in [1.82, 2.24) is 0 Å². The van der Waals surface area contributed by atoms with E-state index in [0.717, 1.165) is 30.9 Å². The molecule has 0 saturated carbocycles. The van der Waals surface area contributed by atoms with Crippen molar-refractivity contribution in [2.45, 2.75) is 12.8 Å². The maximum absolute atomic E-state index is 6.14. The van der Waals surface area contributed by atoms with Crippen LogP contribution in [0.4, 0.5) is 5.69 Å². The number of amidine groups is 1. The number of nitrogens with one attached hydrogen (secondary N) is 1. The van der Waals surface area contributed by atoms with Crippen molar-refractivity contribution in [1.29, 1.82) is 0 Å². The van der Waals surface area contributed by atoms with E-state index in [2.05, 4.69) is 10.3 Å². The number of anilines is 1. The van der Waals surface area contributed by atoms with Gasteiger partial charge in [-0.15, -0.1) is 0 Å². The molecule has 1 N–H and O–H groups in total. The summed E-state index contributed by atoms with van der Waals surface area (Å²) in [4.78, 5) is 4.33. The van der Waals surface area contributed by atoms with Crippen molar-refractivity contribution in [3.05, 3.63) is 23.2 Å². The molecule has 1 aromatic carbocycles. The third-order valence-electron chi connectivity index (χ3n) is 2.34. The molecule has 0 spiro atoms. The molecule has 0 saturated heterocycles. The normalized spacial score (nSPS) is 14.9. The maximum Gasteiger partial charge on any atom is 0.139 e. The number of rotatable bonds is 2. The van der Waals surface area contributed by atoms with Crippen LogP contribution in [0.1, 0.15) is 12.8 Å². The Morgan fingerprint density at radius 3 is 3.00 bits per heavy atom. The molecule has 0 aromatic heterocycles. The molecule has 15 heavy (non-hydrogen) atoms. The summed E-state index contributed by atoms with van der Waals surface area (Å²) >= 11 is 6.14. The second kappa shape index (κ2) is 4.53. The molecule has 0 fully saturated rings. The summed E-state index contributed by atoms with van der Waals surface area (Å²) in [5.74, 6) is 1.69. The van der Waals surface area contributed by atoms with Gasteiger partial charge in [0.05, 0.1) is 12.8 Å². The van der Waals surface area contributed by atoms with Gasteiger partial charge in [-0.2, -0.15) is 0 Å². The lowest BCUT2D eigenvalue weighted by molar-refractivity contribution is 0.415. The zero-order chi connectivity index (χ0) is 10.7. The molecule has 1 aliphatic heterocycles. The minimum absolute atomic E-state index is 0.606. The van der Waals surface area contributed by atoms with Gasteiger partial charge in [-0.3, -0.25) is 4.99 Å². The van der Waals surface area contributed by atoms with E-state index < -0.39 is 0 Å². The number of nitrogens with zero attached hydrogens (tertiary/aromatic N) is 1. The van der Waals surface area contributed by atoms with Gasteiger partial charge in [0.25, 0.3) is 0 Å². The average molecular weight is 225 g/mol. The molecule has 80 valence electrons. The van der Waals surface area contributed by atoms with Crippen molar-refractivity contribution in [2.75, 3.05) is 19.0 Å². The van der Waals surface area contributed by atoms with E-state index in [1.54, 1.807) is 7.11 Å². The first-order valence-corrected chi connectivity index (χ1v) is 5.32. The number of methoxy groups -OCH3 is 1. The molecule has 1 heterocycles. The van der Waals surface area contributed by atoms with Gasteiger partial charge in [0.1, 0.15) is 16.6 Å². The predicted molar refractivity (Wildman–Crippen MR) is 63.2 cm³/mol. The fraction of sp³-hybridized carbons (Fsp3) is 0.364. The molecule has 2 rings (SSSR count). The molecule has 3 nitrogen and oxygen atoms in total. The van der Waals surface area contributed by atoms with Crippen molar-refractivity contribution < 1.29 is 4.74 Å². The first-order chi connectivity index (χ1) is 7.31. The number of hydrogen-bond donors (Lipinski definition) is 1. The minimum Gasteiger partial charge on any atom is -0.495 e. The Hall–Kier alpha value is -1.22. The molecule has 0 aliphatic carbocycles. The first-order valence-electron chi connectivity index (χ1n) is 4.94. The van der Waals surface area contributed by atoms with Crippen molar-refractivity contribution in [3.8, 4) is 5.75 Å². The Balaban J connectivity index is 2.20. The molecule has 1 aromatic rings. The average Bonchev–Trinajstić information content (AvgIpc) is 2.74. The van der Waals surface area contributed by atoms with Crippen molar-refractivity contribution >= 4 is 23.1 Å². The highest BCUT2D eigenvalue weighted by molar-refractivity contribution is 6.35. The standard InChI is InChI=1S/C11H13ClN2O/c1-15-9-5-2-4-8(11(9)12)14-10-6-3-7-13-10/h2,4-5H,3,6-7H2,1H3,(H,13,14). The van der Waals surface area contributed by atoms with Crippen molar-refractivity contribution in [3.63, 3.8) is 0 Å². The van der Waals surface area contributed by atoms with Gasteiger partial charge in [0, 0.05) is 13.0 Å². The zero-order valence-corrected chi connectivity index (χ0v) is 9.34. The monoisotopic (exact) mass is 224 g/mol. The summed E-state index contributed by atoms with van der Waals surface area (Å²) in [6.07, 6.45) is 2.11. The van der Waals surface area contributed by atoms with Gasteiger partial charge < -0.3 is 10.1 Å². The van der Waals surface area contributed by atoms with Gasteiger partial charge in [0.15, 0.2) is 0 Å². The Bertz CT molecular complexity index is 390. The highest BCUT2D eigenvalue weighted by Crippen LogP contribution is 2.32. The zero-order valence-electron chi connectivity index (χ0n) is 8.59. The smallest absolute Gasteiger partial charge is 0.139 e. The molecular weight excluding hydrogens is 212 g/mol. The summed E-state index contributed by atoms with van der Waals surface area (Å²) in [6, 6.07) is 5.66. The van der Waals surface area contributed by atoms with Crippen LogP contribution < -0.4 is 10.1 Å². The Morgan fingerprint density at radius 1 is 1.47 bits per heavy atom. The molecule has 0 radical (unpaired) electrons. The molecule has 4 heteroatoms. The Morgan fingerprint density at radius 2 is 2.33 bits per heavy atom. The SMILES string of the molecule is COc1cccc(NC2=NCCC2)c1Cl. The first kappa shape index (κ1) is 10.3. The van der Waals surface area contributed by atoms with E-state index >= 15 is 0 Å². The lowest BCUT2D eigenvalue weighted by Gasteiger charge is -2.10. The fourth-order valence-corrected chi connectivity index (χ4v) is 1.81. The molecule has 0 unspecified atom stereocenters. The molecule has 0 bridgehead atoms. The number of benzene rings is 1. The molecule has 0 atom stereocenters.